The van der Waals surface area contributed by atoms with Gasteiger partial charge < -0.3 is 35.9 Å². The van der Waals surface area contributed by atoms with E-state index in [2.05, 4.69) is 45.8 Å². The molecule has 0 spiro atoms. The number of anilines is 1. The van der Waals surface area contributed by atoms with Crippen LogP contribution in [0.3, 0.4) is 0 Å². The SMILES string of the molecule is C[C@H]1c2[nH]c(N)nc2[C@]2(O)C[C@H]1c1c(-c3cnc(-c4c[nH]c5cc(Br)ccc45)c(=O)[nH]3)c[nH]c1C2=O.O=C(O)C(F)(F)F. The Morgan fingerprint density at radius 1 is 1.16 bits per heavy atom. The first kappa shape index (κ1) is 28.4. The first-order valence-electron chi connectivity index (χ1n) is 12.7. The average Bonchev–Trinajstić information content (AvgIpc) is 3.66. The fraction of sp³-hybridized carbons (Fsp3) is 0.222. The fourth-order valence-corrected chi connectivity index (χ4v) is 6.22. The van der Waals surface area contributed by atoms with Crippen LogP contribution in [0.5, 0.6) is 0 Å². The monoisotopic (exact) mass is 659 g/mol. The summed E-state index contributed by atoms with van der Waals surface area (Å²) >= 11 is 3.46. The number of carboxylic acid groups (broad SMARTS) is 1. The number of carbonyl (C=O) groups is 2. The van der Waals surface area contributed by atoms with Gasteiger partial charge in [-0.3, -0.25) is 9.59 Å². The second-order valence-corrected chi connectivity index (χ2v) is 11.2. The fourth-order valence-electron chi connectivity index (χ4n) is 5.86. The maximum absolute atomic E-state index is 13.4. The summed E-state index contributed by atoms with van der Waals surface area (Å²) in [5.41, 5.74) is 8.84. The zero-order chi connectivity index (χ0) is 31.0. The van der Waals surface area contributed by atoms with E-state index in [1.807, 2.05) is 25.1 Å². The molecule has 2 aliphatic rings. The molecule has 0 fully saturated rings. The Kier molecular flexibility index (Phi) is 6.39. The van der Waals surface area contributed by atoms with E-state index in [4.69, 9.17) is 15.6 Å². The third-order valence-corrected chi connectivity index (χ3v) is 8.32. The molecule has 43 heavy (non-hydrogen) atoms. The van der Waals surface area contributed by atoms with Crippen molar-refractivity contribution in [2.75, 3.05) is 5.73 Å². The van der Waals surface area contributed by atoms with E-state index >= 15 is 0 Å². The molecule has 4 heterocycles. The lowest BCUT2D eigenvalue weighted by Crippen LogP contribution is -2.46. The third-order valence-electron chi connectivity index (χ3n) is 7.83. The number of nitrogens with one attached hydrogen (secondary N) is 4. The first-order valence-corrected chi connectivity index (χ1v) is 13.5. The molecule has 16 heteroatoms. The number of nitrogen functional groups attached to an aromatic ring is 1. The van der Waals surface area contributed by atoms with Crippen molar-refractivity contribution >= 4 is 44.5 Å². The molecule has 0 aliphatic heterocycles. The minimum atomic E-state index is -5.08. The number of carbonyl (C=O) groups excluding carboxylic acids is 1. The van der Waals surface area contributed by atoms with E-state index in [-0.39, 0.29) is 29.8 Å². The summed E-state index contributed by atoms with van der Waals surface area (Å²) < 4.78 is 32.7. The van der Waals surface area contributed by atoms with Gasteiger partial charge in [-0.05, 0) is 30.0 Å². The van der Waals surface area contributed by atoms with E-state index in [0.29, 0.717) is 39.6 Å². The van der Waals surface area contributed by atoms with Crippen molar-refractivity contribution in [3.63, 3.8) is 0 Å². The number of aromatic amines is 4. The van der Waals surface area contributed by atoms with Crippen molar-refractivity contribution in [3.05, 3.63) is 74.3 Å². The van der Waals surface area contributed by atoms with Crippen molar-refractivity contribution < 1.29 is 33.0 Å². The Morgan fingerprint density at radius 2 is 1.86 bits per heavy atom. The molecule has 5 aromatic rings. The van der Waals surface area contributed by atoms with Crippen LogP contribution in [0.25, 0.3) is 33.4 Å². The first-order chi connectivity index (χ1) is 20.2. The predicted octanol–water partition coefficient (Wildman–Crippen LogP) is 4.29. The van der Waals surface area contributed by atoms with Gasteiger partial charge in [-0.25, -0.2) is 14.8 Å². The number of benzene rings is 1. The molecule has 2 bridgehead atoms. The van der Waals surface area contributed by atoms with Gasteiger partial charge in [0.2, 0.25) is 5.78 Å². The predicted molar refractivity (Wildman–Crippen MR) is 150 cm³/mol. The average molecular weight is 660 g/mol. The largest absolute Gasteiger partial charge is 0.490 e. The van der Waals surface area contributed by atoms with Crippen LogP contribution in [0.15, 0.2) is 46.1 Å². The van der Waals surface area contributed by atoms with Gasteiger partial charge in [-0.2, -0.15) is 13.2 Å². The summed E-state index contributed by atoms with van der Waals surface area (Å²) in [6, 6.07) is 5.78. The Morgan fingerprint density at radius 3 is 2.53 bits per heavy atom. The number of hydrogen-bond acceptors (Lipinski definition) is 7. The summed E-state index contributed by atoms with van der Waals surface area (Å²) in [5, 5.41) is 19.4. The molecule has 3 atom stereocenters. The highest BCUT2D eigenvalue weighted by Crippen LogP contribution is 2.55. The van der Waals surface area contributed by atoms with E-state index in [1.54, 1.807) is 18.6 Å². The Bertz CT molecular complexity index is 2010. The maximum Gasteiger partial charge on any atom is 0.490 e. The zero-order valence-corrected chi connectivity index (χ0v) is 23.5. The van der Waals surface area contributed by atoms with Crippen LogP contribution in [-0.4, -0.2) is 58.0 Å². The van der Waals surface area contributed by atoms with E-state index in [1.165, 1.54) is 0 Å². The van der Waals surface area contributed by atoms with Crippen molar-refractivity contribution in [3.8, 4) is 22.5 Å². The normalized spacial score (nSPS) is 20.7. The van der Waals surface area contributed by atoms with Crippen molar-refractivity contribution in [2.45, 2.75) is 37.0 Å². The van der Waals surface area contributed by atoms with Crippen molar-refractivity contribution in [2.24, 2.45) is 0 Å². The van der Waals surface area contributed by atoms with Crippen molar-refractivity contribution in [1.29, 1.82) is 0 Å². The minimum Gasteiger partial charge on any atom is -0.475 e. The highest BCUT2D eigenvalue weighted by Gasteiger charge is 2.56. The second kappa shape index (κ2) is 9.67. The van der Waals surface area contributed by atoms with Gasteiger partial charge in [0, 0.05) is 50.5 Å². The summed E-state index contributed by atoms with van der Waals surface area (Å²) in [4.78, 5) is 56.4. The number of nitrogens with two attached hydrogens (primary N) is 1. The van der Waals surface area contributed by atoms with E-state index in [0.717, 1.165) is 20.9 Å². The number of hydrogen-bond donors (Lipinski definition) is 7. The number of rotatable bonds is 2. The van der Waals surface area contributed by atoms with Crippen LogP contribution in [0.1, 0.15) is 52.6 Å². The number of halogens is 4. The number of carboxylic acids is 1. The number of Topliss-reactive ketones (excluding diaryl/α,β-unsaturated/α-hetero) is 1. The molecule has 12 nitrogen and oxygen atoms in total. The lowest BCUT2D eigenvalue weighted by Gasteiger charge is -2.42. The van der Waals surface area contributed by atoms with Gasteiger partial charge in [-0.15, -0.1) is 0 Å². The molecule has 0 saturated heterocycles. The zero-order valence-electron chi connectivity index (χ0n) is 21.9. The van der Waals surface area contributed by atoms with Gasteiger partial charge in [-0.1, -0.05) is 28.9 Å². The number of aliphatic hydroxyl groups is 1. The molecule has 0 radical (unpaired) electrons. The number of aromatic nitrogens is 6. The van der Waals surface area contributed by atoms with Gasteiger partial charge in [0.1, 0.15) is 11.4 Å². The number of imidazole rings is 1. The van der Waals surface area contributed by atoms with E-state index < -0.39 is 23.5 Å². The quantitative estimate of drug-likeness (QED) is 0.145. The summed E-state index contributed by atoms with van der Waals surface area (Å²) in [7, 11) is 0. The molecule has 2 aliphatic carbocycles. The smallest absolute Gasteiger partial charge is 0.475 e. The number of alkyl halides is 3. The van der Waals surface area contributed by atoms with Gasteiger partial charge in [0.15, 0.2) is 11.5 Å². The molecule has 8 N–H and O–H groups in total. The van der Waals surface area contributed by atoms with Crippen LogP contribution in [0, 0.1) is 0 Å². The molecule has 0 saturated carbocycles. The highest BCUT2D eigenvalue weighted by atomic mass is 79.9. The van der Waals surface area contributed by atoms with Crippen LogP contribution in [0.4, 0.5) is 19.1 Å². The van der Waals surface area contributed by atoms with Crippen LogP contribution >= 0.6 is 15.9 Å². The van der Waals surface area contributed by atoms with Gasteiger partial charge in [0.05, 0.1) is 17.6 Å². The summed E-state index contributed by atoms with van der Waals surface area (Å²) in [5.74, 6) is -3.34. The van der Waals surface area contributed by atoms with Gasteiger partial charge in [0.25, 0.3) is 5.56 Å². The molecule has 0 amide bonds. The Labute approximate surface area is 246 Å². The highest BCUT2D eigenvalue weighted by molar-refractivity contribution is 9.10. The van der Waals surface area contributed by atoms with Crippen LogP contribution < -0.4 is 11.3 Å². The topological polar surface area (TPSA) is 207 Å². The molecule has 1 aromatic carbocycles. The lowest BCUT2D eigenvalue weighted by atomic mass is 9.63. The summed E-state index contributed by atoms with van der Waals surface area (Å²) in [6.45, 7) is 2.01. The summed E-state index contributed by atoms with van der Waals surface area (Å²) in [6.07, 6.45) is 0.161. The van der Waals surface area contributed by atoms with E-state index in [9.17, 15) is 27.9 Å². The standard InChI is InChI=1S/C25H20BrN7O3.C2HF3O2/c1-9-12-5-25(36,21-18(9)32-24(27)33-21)22(34)20-17(12)14(7-29-20)16-8-30-19(23(35)31-16)13-6-28-15-4-10(26)2-3-11(13)15;3-2(4,5)1(6)7/h2-4,6-9,12,28-29,36H,5H2,1H3,(H,31,35)(H3,27,32,33);(H,6,7)/t9-,12-,25-;/m1./s1. The Balaban J connectivity index is 0.000000423. The molecular weight excluding hydrogens is 639 g/mol. The maximum atomic E-state index is 13.4. The number of fused-ring (bicyclic) bond motifs is 7. The second-order valence-electron chi connectivity index (χ2n) is 10.3. The molecule has 0 unspecified atom stereocenters. The molecular formula is C27H21BrF3N7O5. The van der Waals surface area contributed by atoms with Crippen LogP contribution in [-0.2, 0) is 10.4 Å². The van der Waals surface area contributed by atoms with Crippen molar-refractivity contribution in [1.82, 2.24) is 29.9 Å². The molecule has 7 rings (SSSR count). The number of H-pyrrole nitrogens is 4. The number of aliphatic carboxylic acids is 1. The molecule has 4 aromatic heterocycles. The van der Waals surface area contributed by atoms with Crippen LogP contribution in [0.2, 0.25) is 0 Å². The number of nitrogens with zero attached hydrogens (tertiary/aromatic N) is 2. The molecule has 222 valence electrons. The third kappa shape index (κ3) is 4.44. The minimum absolute atomic E-state index is 0.0871. The van der Waals surface area contributed by atoms with Gasteiger partial charge >= 0.3 is 12.1 Å². The Hall–Kier alpha value is -4.70. The number of ketones is 1. The lowest BCUT2D eigenvalue weighted by molar-refractivity contribution is -0.192.